The van der Waals surface area contributed by atoms with Gasteiger partial charge in [0.25, 0.3) is 0 Å². The number of ether oxygens (including phenoxy) is 1. The average Bonchev–Trinajstić information content (AvgIpc) is 2.39. The fraction of sp³-hybridized carbons (Fsp3) is 0.214. The van der Waals surface area contributed by atoms with E-state index < -0.39 is 5.91 Å². The Balaban J connectivity index is 2.30. The van der Waals surface area contributed by atoms with E-state index in [2.05, 4.69) is 9.97 Å². The molecule has 0 fully saturated rings. The van der Waals surface area contributed by atoms with Gasteiger partial charge in [-0.15, -0.1) is 0 Å². The van der Waals surface area contributed by atoms with E-state index in [0.29, 0.717) is 22.3 Å². The van der Waals surface area contributed by atoms with Crippen molar-refractivity contribution in [2.24, 2.45) is 5.73 Å². The first-order chi connectivity index (χ1) is 9.49. The van der Waals surface area contributed by atoms with Crippen LogP contribution in [0.25, 0.3) is 0 Å². The number of nitrogens with zero attached hydrogens (tertiary/aromatic N) is 2. The van der Waals surface area contributed by atoms with Gasteiger partial charge in [0.2, 0.25) is 11.8 Å². The molecule has 0 atom stereocenters. The number of nitrogens with two attached hydrogens (primary N) is 1. The van der Waals surface area contributed by atoms with Crippen LogP contribution in [0.4, 0.5) is 0 Å². The molecule has 2 aromatic rings. The van der Waals surface area contributed by atoms with Gasteiger partial charge in [-0.2, -0.15) is 0 Å². The third-order valence-electron chi connectivity index (χ3n) is 2.73. The Morgan fingerprint density at radius 1 is 1.25 bits per heavy atom. The minimum Gasteiger partial charge on any atom is -0.439 e. The maximum atomic E-state index is 11.0. The summed E-state index contributed by atoms with van der Waals surface area (Å²) in [7, 11) is 0. The number of carbonyl (C=O) groups is 1. The second-order valence-electron chi connectivity index (χ2n) is 4.53. The molecule has 0 bridgehead atoms. The SMILES string of the molecule is CC(C)c1c(Cl)ncnc1Oc1ccc(C(N)=O)cc1. The quantitative estimate of drug-likeness (QED) is 0.878. The summed E-state index contributed by atoms with van der Waals surface area (Å²) in [6.07, 6.45) is 1.35. The molecule has 0 aliphatic carbocycles. The maximum Gasteiger partial charge on any atom is 0.248 e. The van der Waals surface area contributed by atoms with Gasteiger partial charge >= 0.3 is 0 Å². The fourth-order valence-electron chi connectivity index (χ4n) is 1.72. The van der Waals surface area contributed by atoms with E-state index in [9.17, 15) is 4.79 Å². The van der Waals surface area contributed by atoms with Crippen LogP contribution in [0.2, 0.25) is 5.15 Å². The van der Waals surface area contributed by atoms with Crippen molar-refractivity contribution in [1.29, 1.82) is 0 Å². The largest absolute Gasteiger partial charge is 0.439 e. The molecule has 20 heavy (non-hydrogen) atoms. The topological polar surface area (TPSA) is 78.1 Å². The van der Waals surface area contributed by atoms with Gasteiger partial charge in [0.1, 0.15) is 17.2 Å². The van der Waals surface area contributed by atoms with Crippen LogP contribution in [0, 0.1) is 0 Å². The molecule has 6 heteroatoms. The molecule has 0 aliphatic heterocycles. The number of carbonyl (C=O) groups excluding carboxylic acids is 1. The monoisotopic (exact) mass is 291 g/mol. The summed E-state index contributed by atoms with van der Waals surface area (Å²) in [6, 6.07) is 6.49. The van der Waals surface area contributed by atoms with Crippen molar-refractivity contribution in [3.05, 3.63) is 46.9 Å². The highest BCUT2D eigenvalue weighted by Crippen LogP contribution is 2.32. The van der Waals surface area contributed by atoms with Crippen molar-refractivity contribution in [2.75, 3.05) is 0 Å². The van der Waals surface area contributed by atoms with Gasteiger partial charge in [-0.1, -0.05) is 25.4 Å². The molecule has 2 rings (SSSR count). The van der Waals surface area contributed by atoms with Gasteiger partial charge in [-0.25, -0.2) is 9.97 Å². The predicted molar refractivity (Wildman–Crippen MR) is 76.2 cm³/mol. The van der Waals surface area contributed by atoms with E-state index in [0.717, 1.165) is 5.56 Å². The van der Waals surface area contributed by atoms with Gasteiger partial charge in [0, 0.05) is 5.56 Å². The molecule has 104 valence electrons. The Kier molecular flexibility index (Phi) is 4.20. The van der Waals surface area contributed by atoms with Crippen molar-refractivity contribution >= 4 is 17.5 Å². The number of benzene rings is 1. The van der Waals surface area contributed by atoms with Gasteiger partial charge in [0.15, 0.2) is 0 Å². The van der Waals surface area contributed by atoms with Crippen LogP contribution in [0.5, 0.6) is 11.6 Å². The lowest BCUT2D eigenvalue weighted by atomic mass is 10.1. The summed E-state index contributed by atoms with van der Waals surface area (Å²) in [5, 5.41) is 0.374. The number of aromatic nitrogens is 2. The number of primary amides is 1. The number of hydrogen-bond acceptors (Lipinski definition) is 4. The molecular formula is C14H14ClN3O2. The molecule has 5 nitrogen and oxygen atoms in total. The third-order valence-corrected chi connectivity index (χ3v) is 3.03. The first kappa shape index (κ1) is 14.3. The lowest BCUT2D eigenvalue weighted by Crippen LogP contribution is -2.10. The van der Waals surface area contributed by atoms with E-state index in [1.807, 2.05) is 13.8 Å². The van der Waals surface area contributed by atoms with Crippen molar-refractivity contribution in [3.8, 4) is 11.6 Å². The van der Waals surface area contributed by atoms with Crippen molar-refractivity contribution in [2.45, 2.75) is 19.8 Å². The van der Waals surface area contributed by atoms with E-state index >= 15 is 0 Å². The van der Waals surface area contributed by atoms with E-state index in [1.54, 1.807) is 24.3 Å². The van der Waals surface area contributed by atoms with Crippen molar-refractivity contribution < 1.29 is 9.53 Å². The average molecular weight is 292 g/mol. The normalized spacial score (nSPS) is 10.6. The number of hydrogen-bond donors (Lipinski definition) is 1. The number of halogens is 1. The van der Waals surface area contributed by atoms with Crippen molar-refractivity contribution in [1.82, 2.24) is 9.97 Å². The van der Waals surface area contributed by atoms with Crippen LogP contribution in [0.1, 0.15) is 35.7 Å². The van der Waals surface area contributed by atoms with Crippen molar-refractivity contribution in [3.63, 3.8) is 0 Å². The summed E-state index contributed by atoms with van der Waals surface area (Å²) >= 11 is 6.07. The molecule has 0 spiro atoms. The zero-order valence-corrected chi connectivity index (χ0v) is 11.9. The Morgan fingerprint density at radius 3 is 2.45 bits per heavy atom. The molecule has 2 N–H and O–H groups in total. The number of rotatable bonds is 4. The Bertz CT molecular complexity index is 627. The second-order valence-corrected chi connectivity index (χ2v) is 4.89. The molecule has 0 unspecified atom stereocenters. The summed E-state index contributed by atoms with van der Waals surface area (Å²) in [4.78, 5) is 19.1. The van der Waals surface area contributed by atoms with Gasteiger partial charge < -0.3 is 10.5 Å². The molecule has 0 saturated carbocycles. The predicted octanol–water partition coefficient (Wildman–Crippen LogP) is 3.14. The highest BCUT2D eigenvalue weighted by atomic mass is 35.5. The zero-order chi connectivity index (χ0) is 14.7. The molecule has 1 aromatic heterocycles. The summed E-state index contributed by atoms with van der Waals surface area (Å²) < 4.78 is 5.70. The maximum absolute atomic E-state index is 11.0. The zero-order valence-electron chi connectivity index (χ0n) is 11.1. The first-order valence-electron chi connectivity index (χ1n) is 6.07. The third kappa shape index (κ3) is 3.05. The highest BCUT2D eigenvalue weighted by molar-refractivity contribution is 6.30. The van der Waals surface area contributed by atoms with Crippen LogP contribution < -0.4 is 10.5 Å². The Hall–Kier alpha value is -2.14. The van der Waals surface area contributed by atoms with Gasteiger partial charge in [-0.05, 0) is 30.2 Å². The van der Waals surface area contributed by atoms with Gasteiger partial charge in [-0.3, -0.25) is 4.79 Å². The minimum absolute atomic E-state index is 0.128. The van der Waals surface area contributed by atoms with Crippen LogP contribution in [-0.4, -0.2) is 15.9 Å². The summed E-state index contributed by atoms with van der Waals surface area (Å²) in [6.45, 7) is 3.96. The van der Waals surface area contributed by atoms with E-state index in [1.165, 1.54) is 6.33 Å². The first-order valence-corrected chi connectivity index (χ1v) is 6.45. The van der Waals surface area contributed by atoms with E-state index in [-0.39, 0.29) is 5.92 Å². The van der Waals surface area contributed by atoms with Gasteiger partial charge in [0.05, 0.1) is 5.56 Å². The summed E-state index contributed by atoms with van der Waals surface area (Å²) in [5.41, 5.74) is 6.34. The van der Waals surface area contributed by atoms with E-state index in [4.69, 9.17) is 22.1 Å². The lowest BCUT2D eigenvalue weighted by molar-refractivity contribution is 0.100. The van der Waals surface area contributed by atoms with Crippen LogP contribution >= 0.6 is 11.6 Å². The molecule has 0 radical (unpaired) electrons. The Labute approximate surface area is 121 Å². The molecule has 1 amide bonds. The second kappa shape index (κ2) is 5.88. The smallest absolute Gasteiger partial charge is 0.248 e. The molecule has 1 aromatic carbocycles. The fourth-order valence-corrected chi connectivity index (χ4v) is 2.07. The molecular weight excluding hydrogens is 278 g/mol. The van der Waals surface area contributed by atoms with Crippen LogP contribution in [0.15, 0.2) is 30.6 Å². The number of amides is 1. The Morgan fingerprint density at radius 2 is 1.90 bits per heavy atom. The highest BCUT2D eigenvalue weighted by Gasteiger charge is 2.15. The standard InChI is InChI=1S/C14H14ClN3O2/c1-8(2)11-12(15)17-7-18-14(11)20-10-5-3-9(4-6-10)13(16)19/h3-8H,1-2H3,(H2,16,19). The van der Waals surface area contributed by atoms with Crippen LogP contribution in [-0.2, 0) is 0 Å². The minimum atomic E-state index is -0.482. The molecule has 0 aliphatic rings. The van der Waals surface area contributed by atoms with Crippen LogP contribution in [0.3, 0.4) is 0 Å². The lowest BCUT2D eigenvalue weighted by Gasteiger charge is -2.13. The summed E-state index contributed by atoms with van der Waals surface area (Å²) in [5.74, 6) is 0.603. The molecule has 1 heterocycles. The molecule has 0 saturated heterocycles.